The summed E-state index contributed by atoms with van der Waals surface area (Å²) >= 11 is 7.01. The summed E-state index contributed by atoms with van der Waals surface area (Å²) in [5.41, 5.74) is 2.95. The molecule has 0 aliphatic carbocycles. The normalized spacial score (nSPS) is 11.6. The first-order valence-electron chi connectivity index (χ1n) is 5.53. The first-order valence-corrected chi connectivity index (χ1v) is 7.12. The van der Waals surface area contributed by atoms with Gasteiger partial charge in [0.25, 0.3) is 0 Å². The van der Waals surface area contributed by atoms with Crippen LogP contribution in [0.4, 0.5) is 0 Å². The smallest absolute Gasteiger partial charge is 0.0688 e. The van der Waals surface area contributed by atoms with Gasteiger partial charge in [-0.2, -0.15) is 0 Å². The molecule has 2 aromatic rings. The summed E-state index contributed by atoms with van der Waals surface area (Å²) in [5, 5.41) is 9.55. The van der Waals surface area contributed by atoms with Crippen molar-refractivity contribution in [3.05, 3.63) is 68.6 Å². The second kappa shape index (κ2) is 6.32. The lowest BCUT2D eigenvalue weighted by Crippen LogP contribution is -1.92. The summed E-state index contributed by atoms with van der Waals surface area (Å²) < 4.78 is 2.00. The van der Waals surface area contributed by atoms with Crippen LogP contribution in [0.25, 0.3) is 11.6 Å². The standard InChI is InChI=1S/C15H12Br2O/c16-14-7-3-1-5-11(14)9-12(10-18)13-6-2-4-8-15(13)17/h1-9,18H,10H2/b12-9-. The SMILES string of the molecule is OC/C(=C/c1ccccc1Br)c1ccccc1Br. The highest BCUT2D eigenvalue weighted by molar-refractivity contribution is 9.10. The van der Waals surface area contributed by atoms with Crippen molar-refractivity contribution in [3.8, 4) is 0 Å². The Labute approximate surface area is 123 Å². The van der Waals surface area contributed by atoms with Crippen molar-refractivity contribution < 1.29 is 5.11 Å². The molecule has 0 aliphatic heterocycles. The number of hydrogen-bond donors (Lipinski definition) is 1. The molecule has 2 aromatic carbocycles. The summed E-state index contributed by atoms with van der Waals surface area (Å²) in [4.78, 5) is 0. The van der Waals surface area contributed by atoms with Gasteiger partial charge in [0.1, 0.15) is 0 Å². The quantitative estimate of drug-likeness (QED) is 0.776. The third-order valence-corrected chi connectivity index (χ3v) is 4.04. The molecule has 0 bridgehead atoms. The predicted molar refractivity (Wildman–Crippen MR) is 83.2 cm³/mol. The van der Waals surface area contributed by atoms with Crippen LogP contribution in [0.5, 0.6) is 0 Å². The van der Waals surface area contributed by atoms with E-state index in [1.165, 1.54) is 0 Å². The average molecular weight is 368 g/mol. The monoisotopic (exact) mass is 366 g/mol. The lowest BCUT2D eigenvalue weighted by molar-refractivity contribution is 0.350. The van der Waals surface area contributed by atoms with Crippen molar-refractivity contribution in [1.29, 1.82) is 0 Å². The van der Waals surface area contributed by atoms with E-state index < -0.39 is 0 Å². The maximum Gasteiger partial charge on any atom is 0.0688 e. The average Bonchev–Trinajstić information content (AvgIpc) is 2.39. The van der Waals surface area contributed by atoms with Crippen LogP contribution in [0.2, 0.25) is 0 Å². The van der Waals surface area contributed by atoms with Crippen molar-refractivity contribution in [2.45, 2.75) is 0 Å². The lowest BCUT2D eigenvalue weighted by Gasteiger charge is -2.08. The van der Waals surface area contributed by atoms with Crippen molar-refractivity contribution >= 4 is 43.5 Å². The molecule has 0 aromatic heterocycles. The molecule has 0 atom stereocenters. The first kappa shape index (κ1) is 13.5. The van der Waals surface area contributed by atoms with Crippen molar-refractivity contribution in [1.82, 2.24) is 0 Å². The van der Waals surface area contributed by atoms with Gasteiger partial charge in [-0.25, -0.2) is 0 Å². The van der Waals surface area contributed by atoms with Crippen LogP contribution in [0.15, 0.2) is 57.5 Å². The van der Waals surface area contributed by atoms with Gasteiger partial charge >= 0.3 is 0 Å². The molecule has 0 amide bonds. The molecule has 3 heteroatoms. The Bertz CT molecular complexity index is 576. The van der Waals surface area contributed by atoms with E-state index in [4.69, 9.17) is 0 Å². The van der Waals surface area contributed by atoms with Crippen LogP contribution < -0.4 is 0 Å². The summed E-state index contributed by atoms with van der Waals surface area (Å²) in [7, 11) is 0. The minimum absolute atomic E-state index is 0.00392. The van der Waals surface area contributed by atoms with Crippen LogP contribution in [-0.2, 0) is 0 Å². The van der Waals surface area contributed by atoms with Gasteiger partial charge in [-0.3, -0.25) is 0 Å². The zero-order valence-electron chi connectivity index (χ0n) is 9.61. The highest BCUT2D eigenvalue weighted by atomic mass is 79.9. The number of benzene rings is 2. The van der Waals surface area contributed by atoms with E-state index in [2.05, 4.69) is 31.9 Å². The number of halogens is 2. The molecule has 0 spiro atoms. The first-order chi connectivity index (χ1) is 8.72. The fourth-order valence-electron chi connectivity index (χ4n) is 1.71. The summed E-state index contributed by atoms with van der Waals surface area (Å²) in [6.45, 7) is 0.00392. The molecule has 0 heterocycles. The Kier molecular flexibility index (Phi) is 4.75. The maximum atomic E-state index is 9.55. The van der Waals surface area contributed by atoms with Gasteiger partial charge < -0.3 is 5.11 Å². The van der Waals surface area contributed by atoms with Gasteiger partial charge in [0.05, 0.1) is 6.61 Å². The van der Waals surface area contributed by atoms with E-state index in [9.17, 15) is 5.11 Å². The van der Waals surface area contributed by atoms with Gasteiger partial charge in [0.2, 0.25) is 0 Å². The Hall–Kier alpha value is -0.900. The van der Waals surface area contributed by atoms with Crippen LogP contribution >= 0.6 is 31.9 Å². The number of aliphatic hydroxyl groups excluding tert-OH is 1. The van der Waals surface area contributed by atoms with Gasteiger partial charge in [-0.15, -0.1) is 0 Å². The Morgan fingerprint density at radius 1 is 0.944 bits per heavy atom. The lowest BCUT2D eigenvalue weighted by atomic mass is 10.0. The van der Waals surface area contributed by atoms with Gasteiger partial charge in [0, 0.05) is 8.95 Å². The van der Waals surface area contributed by atoms with E-state index in [1.54, 1.807) is 0 Å². The third-order valence-electron chi connectivity index (χ3n) is 2.63. The molecule has 0 aliphatic rings. The summed E-state index contributed by atoms with van der Waals surface area (Å²) in [6.07, 6.45) is 1.99. The fourth-order valence-corrected chi connectivity index (χ4v) is 2.65. The number of aliphatic hydroxyl groups is 1. The summed E-state index contributed by atoms with van der Waals surface area (Å²) in [6, 6.07) is 15.8. The predicted octanol–water partition coefficient (Wildman–Crippen LogP) is 4.74. The topological polar surface area (TPSA) is 20.2 Å². The van der Waals surface area contributed by atoms with Crippen molar-refractivity contribution in [2.24, 2.45) is 0 Å². The number of hydrogen-bond acceptors (Lipinski definition) is 1. The van der Waals surface area contributed by atoms with Gasteiger partial charge in [-0.05, 0) is 34.9 Å². The van der Waals surface area contributed by atoms with E-state index in [0.29, 0.717) is 0 Å². The molecule has 92 valence electrons. The molecule has 0 saturated heterocycles. The van der Waals surface area contributed by atoms with Gasteiger partial charge in [-0.1, -0.05) is 68.3 Å². The maximum absolute atomic E-state index is 9.55. The minimum atomic E-state index is 0.00392. The zero-order chi connectivity index (χ0) is 13.0. The largest absolute Gasteiger partial charge is 0.392 e. The highest BCUT2D eigenvalue weighted by Crippen LogP contribution is 2.27. The molecule has 18 heavy (non-hydrogen) atoms. The zero-order valence-corrected chi connectivity index (χ0v) is 12.8. The second-order valence-corrected chi connectivity index (χ2v) is 5.54. The molecule has 0 unspecified atom stereocenters. The van der Waals surface area contributed by atoms with E-state index >= 15 is 0 Å². The van der Waals surface area contributed by atoms with Crippen molar-refractivity contribution in [2.75, 3.05) is 6.61 Å². The fraction of sp³-hybridized carbons (Fsp3) is 0.0667. The van der Waals surface area contributed by atoms with Crippen LogP contribution in [-0.4, -0.2) is 11.7 Å². The molecule has 0 saturated carbocycles. The van der Waals surface area contributed by atoms with Crippen LogP contribution in [0.3, 0.4) is 0 Å². The third kappa shape index (κ3) is 3.10. The van der Waals surface area contributed by atoms with E-state index in [0.717, 1.165) is 25.6 Å². The second-order valence-electron chi connectivity index (χ2n) is 3.83. The summed E-state index contributed by atoms with van der Waals surface area (Å²) in [5.74, 6) is 0. The van der Waals surface area contributed by atoms with Crippen molar-refractivity contribution in [3.63, 3.8) is 0 Å². The molecule has 0 radical (unpaired) electrons. The molecular formula is C15H12Br2O. The Morgan fingerprint density at radius 3 is 2.17 bits per heavy atom. The molecule has 1 N–H and O–H groups in total. The Morgan fingerprint density at radius 2 is 1.56 bits per heavy atom. The van der Waals surface area contributed by atoms with E-state index in [-0.39, 0.29) is 6.61 Å². The molecule has 2 rings (SSSR count). The number of rotatable bonds is 3. The minimum Gasteiger partial charge on any atom is -0.392 e. The molecule has 1 nitrogen and oxygen atoms in total. The van der Waals surface area contributed by atoms with Crippen LogP contribution in [0, 0.1) is 0 Å². The highest BCUT2D eigenvalue weighted by Gasteiger charge is 2.05. The molecular weight excluding hydrogens is 356 g/mol. The van der Waals surface area contributed by atoms with Gasteiger partial charge in [0.15, 0.2) is 0 Å². The Balaban J connectivity index is 2.47. The molecule has 0 fully saturated rings. The van der Waals surface area contributed by atoms with E-state index in [1.807, 2.05) is 54.6 Å². The van der Waals surface area contributed by atoms with Crippen LogP contribution in [0.1, 0.15) is 11.1 Å².